The van der Waals surface area contributed by atoms with E-state index in [-0.39, 0.29) is 17.6 Å². The number of nitrogens with zero attached hydrogens (tertiary/aromatic N) is 1. The van der Waals surface area contributed by atoms with Gasteiger partial charge in [-0.05, 0) is 12.1 Å². The predicted molar refractivity (Wildman–Crippen MR) is 72.5 cm³/mol. The second-order valence-corrected chi connectivity index (χ2v) is 5.63. The van der Waals surface area contributed by atoms with Gasteiger partial charge < -0.3 is 10.5 Å². The van der Waals surface area contributed by atoms with E-state index >= 15 is 0 Å². The van der Waals surface area contributed by atoms with Crippen LogP contribution in [0.5, 0.6) is 5.75 Å². The van der Waals surface area contributed by atoms with E-state index in [2.05, 4.69) is 18.8 Å². The summed E-state index contributed by atoms with van der Waals surface area (Å²) in [6, 6.07) is 10.3. The van der Waals surface area contributed by atoms with Crippen LogP contribution < -0.4 is 10.5 Å². The fourth-order valence-corrected chi connectivity index (χ4v) is 2.40. The fraction of sp³-hybridized carbons (Fsp3) is 0.400. The van der Waals surface area contributed by atoms with Gasteiger partial charge in [-0.3, -0.25) is 4.98 Å². The molecule has 2 atom stereocenters. The maximum absolute atomic E-state index is 6.00. The summed E-state index contributed by atoms with van der Waals surface area (Å²) in [5.41, 5.74) is 7.04. The average Bonchev–Trinajstić information content (AvgIpc) is 2.38. The van der Waals surface area contributed by atoms with Crippen molar-refractivity contribution >= 4 is 10.9 Å². The Balaban J connectivity index is 1.83. The Hall–Kier alpha value is -1.61. The molecule has 18 heavy (non-hydrogen) atoms. The zero-order valence-corrected chi connectivity index (χ0v) is 10.8. The Bertz CT molecular complexity index is 579. The highest BCUT2D eigenvalue weighted by Gasteiger charge is 2.47. The molecule has 2 unspecified atom stereocenters. The first-order chi connectivity index (χ1) is 8.57. The van der Waals surface area contributed by atoms with Gasteiger partial charge in [0.1, 0.15) is 11.9 Å². The molecule has 1 aromatic carbocycles. The molecule has 0 saturated heterocycles. The SMILES string of the molecule is CC1(C)C(N)CC1Oc1cnc2ccccc2c1. The molecule has 1 saturated carbocycles. The van der Waals surface area contributed by atoms with E-state index in [4.69, 9.17) is 10.5 Å². The van der Waals surface area contributed by atoms with Crippen molar-refractivity contribution in [2.75, 3.05) is 0 Å². The second-order valence-electron chi connectivity index (χ2n) is 5.63. The first-order valence-electron chi connectivity index (χ1n) is 6.34. The Morgan fingerprint density at radius 2 is 2.11 bits per heavy atom. The Morgan fingerprint density at radius 3 is 2.83 bits per heavy atom. The number of hydrogen-bond acceptors (Lipinski definition) is 3. The molecule has 3 rings (SSSR count). The van der Waals surface area contributed by atoms with Gasteiger partial charge in [-0.2, -0.15) is 0 Å². The monoisotopic (exact) mass is 242 g/mol. The van der Waals surface area contributed by atoms with Crippen LogP contribution in [0.1, 0.15) is 20.3 Å². The minimum Gasteiger partial charge on any atom is -0.488 e. The number of rotatable bonds is 2. The van der Waals surface area contributed by atoms with Crippen LogP contribution in [0.4, 0.5) is 0 Å². The van der Waals surface area contributed by atoms with Crippen molar-refractivity contribution in [1.82, 2.24) is 4.98 Å². The lowest BCUT2D eigenvalue weighted by Crippen LogP contribution is -2.60. The molecule has 1 heterocycles. The summed E-state index contributed by atoms with van der Waals surface area (Å²) in [5.74, 6) is 0.832. The standard InChI is InChI=1S/C15H18N2O/c1-15(2)13(16)8-14(15)18-11-7-10-5-3-4-6-12(10)17-9-11/h3-7,9,13-14H,8,16H2,1-2H3. The van der Waals surface area contributed by atoms with Crippen molar-refractivity contribution in [3.8, 4) is 5.75 Å². The predicted octanol–water partition coefficient (Wildman–Crippen LogP) is 2.74. The van der Waals surface area contributed by atoms with E-state index < -0.39 is 0 Å². The third-order valence-corrected chi connectivity index (χ3v) is 4.10. The molecule has 1 aliphatic rings. The number of benzene rings is 1. The quantitative estimate of drug-likeness (QED) is 0.880. The third kappa shape index (κ3) is 1.75. The number of pyridine rings is 1. The highest BCUT2D eigenvalue weighted by molar-refractivity contribution is 5.79. The van der Waals surface area contributed by atoms with Crippen molar-refractivity contribution in [2.24, 2.45) is 11.1 Å². The van der Waals surface area contributed by atoms with Gasteiger partial charge in [0.2, 0.25) is 0 Å². The van der Waals surface area contributed by atoms with Crippen molar-refractivity contribution < 1.29 is 4.74 Å². The molecule has 1 fully saturated rings. The van der Waals surface area contributed by atoms with Crippen LogP contribution in [0, 0.1) is 5.41 Å². The van der Waals surface area contributed by atoms with Gasteiger partial charge in [0.15, 0.2) is 0 Å². The highest BCUT2D eigenvalue weighted by Crippen LogP contribution is 2.41. The van der Waals surface area contributed by atoms with Crippen LogP contribution in [-0.4, -0.2) is 17.1 Å². The van der Waals surface area contributed by atoms with Crippen LogP contribution in [-0.2, 0) is 0 Å². The average molecular weight is 242 g/mol. The molecule has 94 valence electrons. The minimum absolute atomic E-state index is 0.0473. The highest BCUT2D eigenvalue weighted by atomic mass is 16.5. The molecule has 2 aromatic rings. The number of fused-ring (bicyclic) bond motifs is 1. The largest absolute Gasteiger partial charge is 0.488 e. The molecule has 2 N–H and O–H groups in total. The molecular formula is C15H18N2O. The van der Waals surface area contributed by atoms with Gasteiger partial charge in [-0.25, -0.2) is 0 Å². The molecular weight excluding hydrogens is 224 g/mol. The molecule has 0 aliphatic heterocycles. The Kier molecular flexibility index (Phi) is 2.52. The van der Waals surface area contributed by atoms with Crippen LogP contribution in [0.25, 0.3) is 10.9 Å². The summed E-state index contributed by atoms with van der Waals surface area (Å²) in [5, 5.41) is 1.11. The lowest BCUT2D eigenvalue weighted by atomic mass is 9.65. The first kappa shape index (κ1) is 11.5. The second kappa shape index (κ2) is 3.95. The summed E-state index contributed by atoms with van der Waals surface area (Å²) in [7, 11) is 0. The summed E-state index contributed by atoms with van der Waals surface area (Å²) in [4.78, 5) is 4.40. The molecule has 0 amide bonds. The van der Waals surface area contributed by atoms with Crippen molar-refractivity contribution in [3.63, 3.8) is 0 Å². The number of hydrogen-bond donors (Lipinski definition) is 1. The van der Waals surface area contributed by atoms with Gasteiger partial charge in [0, 0.05) is 23.3 Å². The normalized spacial score (nSPS) is 25.7. The van der Waals surface area contributed by atoms with Gasteiger partial charge >= 0.3 is 0 Å². The lowest BCUT2D eigenvalue weighted by molar-refractivity contribution is -0.0400. The molecule has 0 spiro atoms. The maximum atomic E-state index is 6.00. The smallest absolute Gasteiger partial charge is 0.138 e. The van der Waals surface area contributed by atoms with Crippen molar-refractivity contribution in [3.05, 3.63) is 36.5 Å². The molecule has 1 aromatic heterocycles. The van der Waals surface area contributed by atoms with E-state index in [0.717, 1.165) is 23.1 Å². The van der Waals surface area contributed by atoms with Gasteiger partial charge in [0.25, 0.3) is 0 Å². The number of ether oxygens (including phenoxy) is 1. The first-order valence-corrected chi connectivity index (χ1v) is 6.34. The molecule has 3 nitrogen and oxygen atoms in total. The molecule has 3 heteroatoms. The molecule has 0 radical (unpaired) electrons. The van der Waals surface area contributed by atoms with Crippen LogP contribution >= 0.6 is 0 Å². The van der Waals surface area contributed by atoms with E-state index in [0.29, 0.717) is 0 Å². The summed E-state index contributed by atoms with van der Waals surface area (Å²) in [6.07, 6.45) is 2.90. The van der Waals surface area contributed by atoms with E-state index in [1.807, 2.05) is 30.3 Å². The summed E-state index contributed by atoms with van der Waals surface area (Å²) < 4.78 is 6.00. The zero-order valence-electron chi connectivity index (χ0n) is 10.8. The minimum atomic E-state index is 0.0473. The van der Waals surface area contributed by atoms with Gasteiger partial charge in [0.05, 0.1) is 11.7 Å². The van der Waals surface area contributed by atoms with E-state index in [1.165, 1.54) is 0 Å². The zero-order chi connectivity index (χ0) is 12.8. The van der Waals surface area contributed by atoms with Gasteiger partial charge in [-0.1, -0.05) is 32.0 Å². The van der Waals surface area contributed by atoms with Crippen molar-refractivity contribution in [2.45, 2.75) is 32.4 Å². The Labute approximate surface area is 107 Å². The van der Waals surface area contributed by atoms with Crippen LogP contribution in [0.2, 0.25) is 0 Å². The van der Waals surface area contributed by atoms with Crippen LogP contribution in [0.3, 0.4) is 0 Å². The summed E-state index contributed by atoms with van der Waals surface area (Å²) in [6.45, 7) is 4.31. The fourth-order valence-electron chi connectivity index (χ4n) is 2.40. The topological polar surface area (TPSA) is 48.1 Å². The van der Waals surface area contributed by atoms with Gasteiger partial charge in [-0.15, -0.1) is 0 Å². The maximum Gasteiger partial charge on any atom is 0.138 e. The third-order valence-electron chi connectivity index (χ3n) is 4.10. The molecule has 0 bridgehead atoms. The molecule has 1 aliphatic carbocycles. The van der Waals surface area contributed by atoms with E-state index in [9.17, 15) is 0 Å². The van der Waals surface area contributed by atoms with Crippen molar-refractivity contribution in [1.29, 1.82) is 0 Å². The summed E-state index contributed by atoms with van der Waals surface area (Å²) >= 11 is 0. The lowest BCUT2D eigenvalue weighted by Gasteiger charge is -2.49. The number of para-hydroxylation sites is 1. The number of aromatic nitrogens is 1. The Morgan fingerprint density at radius 1 is 1.33 bits per heavy atom. The van der Waals surface area contributed by atoms with Crippen LogP contribution in [0.15, 0.2) is 36.5 Å². The van der Waals surface area contributed by atoms with E-state index in [1.54, 1.807) is 6.20 Å². The number of nitrogens with two attached hydrogens (primary N) is 1.